The second kappa shape index (κ2) is 6.68. The van der Waals surface area contributed by atoms with Crippen LogP contribution in [0.1, 0.15) is 23.7 Å². The van der Waals surface area contributed by atoms with Crippen LogP contribution in [0.15, 0.2) is 16.7 Å². The van der Waals surface area contributed by atoms with Crippen molar-refractivity contribution in [2.75, 3.05) is 26.3 Å². The molecule has 1 atom stereocenters. The third kappa shape index (κ3) is 3.68. The third-order valence-electron chi connectivity index (χ3n) is 3.21. The Kier molecular flexibility index (Phi) is 5.19. The summed E-state index contributed by atoms with van der Waals surface area (Å²) in [6.45, 7) is 4.84. The molecule has 2 heterocycles. The molecule has 1 unspecified atom stereocenters. The van der Waals surface area contributed by atoms with Crippen LogP contribution >= 0.6 is 27.5 Å². The fourth-order valence-corrected chi connectivity index (χ4v) is 2.65. The first-order chi connectivity index (χ1) is 9.11. The van der Waals surface area contributed by atoms with Gasteiger partial charge in [-0.2, -0.15) is 0 Å². The Labute approximate surface area is 126 Å². The van der Waals surface area contributed by atoms with E-state index in [0.29, 0.717) is 24.6 Å². The Hall–Kier alpha value is -0.650. The minimum absolute atomic E-state index is 0.0757. The van der Waals surface area contributed by atoms with E-state index in [4.69, 9.17) is 16.3 Å². The van der Waals surface area contributed by atoms with Crippen LogP contribution < -0.4 is 0 Å². The van der Waals surface area contributed by atoms with Gasteiger partial charge in [-0.25, -0.2) is 4.98 Å². The van der Waals surface area contributed by atoms with Gasteiger partial charge in [-0.1, -0.05) is 11.6 Å². The fourth-order valence-electron chi connectivity index (χ4n) is 2.14. The van der Waals surface area contributed by atoms with Gasteiger partial charge in [0.25, 0.3) is 5.91 Å². The Morgan fingerprint density at radius 1 is 1.68 bits per heavy atom. The summed E-state index contributed by atoms with van der Waals surface area (Å²) in [6.07, 6.45) is 2.59. The zero-order chi connectivity index (χ0) is 13.8. The summed E-state index contributed by atoms with van der Waals surface area (Å²) in [5.41, 5.74) is 0.441. The highest BCUT2D eigenvalue weighted by atomic mass is 79.9. The molecular weight excluding hydrogens is 332 g/mol. The van der Waals surface area contributed by atoms with Crippen molar-refractivity contribution in [3.63, 3.8) is 0 Å². The van der Waals surface area contributed by atoms with E-state index in [0.717, 1.165) is 24.1 Å². The topological polar surface area (TPSA) is 42.4 Å². The van der Waals surface area contributed by atoms with Crippen LogP contribution in [0.2, 0.25) is 5.15 Å². The monoisotopic (exact) mass is 346 g/mol. The summed E-state index contributed by atoms with van der Waals surface area (Å²) in [5.74, 6) is 0.344. The molecule has 0 N–H and O–H groups in total. The molecule has 6 heteroatoms. The average Bonchev–Trinajstić information content (AvgIpc) is 2.91. The molecule has 0 radical (unpaired) electrons. The molecular formula is C13H16BrClN2O2. The number of rotatable bonds is 4. The molecule has 0 spiro atoms. The maximum Gasteiger partial charge on any atom is 0.257 e. The maximum atomic E-state index is 12.5. The van der Waals surface area contributed by atoms with Crippen LogP contribution in [-0.4, -0.2) is 42.1 Å². The van der Waals surface area contributed by atoms with Crippen molar-refractivity contribution in [3.8, 4) is 0 Å². The Bertz CT molecular complexity index is 464. The first-order valence-corrected chi connectivity index (χ1v) is 7.47. The molecule has 0 aromatic carbocycles. The van der Waals surface area contributed by atoms with Gasteiger partial charge < -0.3 is 9.64 Å². The quantitative estimate of drug-likeness (QED) is 0.786. The van der Waals surface area contributed by atoms with E-state index in [2.05, 4.69) is 20.9 Å². The molecule has 1 aromatic heterocycles. The molecule has 1 aliphatic heterocycles. The minimum atomic E-state index is -0.0757. The first kappa shape index (κ1) is 14.8. The van der Waals surface area contributed by atoms with Gasteiger partial charge in [-0.05, 0) is 35.3 Å². The molecule has 0 saturated carbocycles. The highest BCUT2D eigenvalue weighted by Gasteiger charge is 2.24. The van der Waals surface area contributed by atoms with E-state index in [-0.39, 0.29) is 11.1 Å². The van der Waals surface area contributed by atoms with Gasteiger partial charge >= 0.3 is 0 Å². The van der Waals surface area contributed by atoms with E-state index in [9.17, 15) is 4.79 Å². The van der Waals surface area contributed by atoms with E-state index >= 15 is 0 Å². The number of carbonyl (C=O) groups excluding carboxylic acids is 1. The summed E-state index contributed by atoms with van der Waals surface area (Å²) in [5, 5.41) is 0.245. The second-order valence-electron chi connectivity index (χ2n) is 4.57. The Morgan fingerprint density at radius 2 is 2.47 bits per heavy atom. The molecule has 0 aliphatic carbocycles. The summed E-state index contributed by atoms with van der Waals surface area (Å²) >= 11 is 9.32. The van der Waals surface area contributed by atoms with Crippen molar-refractivity contribution in [1.29, 1.82) is 0 Å². The lowest BCUT2D eigenvalue weighted by Gasteiger charge is -2.24. The maximum absolute atomic E-state index is 12.5. The fraction of sp³-hybridized carbons (Fsp3) is 0.538. The highest BCUT2D eigenvalue weighted by Crippen LogP contribution is 2.21. The lowest BCUT2D eigenvalue weighted by atomic mass is 10.1. The van der Waals surface area contributed by atoms with Crippen molar-refractivity contribution in [2.45, 2.75) is 13.3 Å². The predicted octanol–water partition coefficient (Wildman–Crippen LogP) is 3.00. The summed E-state index contributed by atoms with van der Waals surface area (Å²) in [6, 6.07) is 1.71. The highest BCUT2D eigenvalue weighted by molar-refractivity contribution is 9.10. The number of carbonyl (C=O) groups is 1. The number of nitrogens with zero attached hydrogens (tertiary/aromatic N) is 2. The molecule has 104 valence electrons. The second-order valence-corrected chi connectivity index (χ2v) is 5.84. The zero-order valence-electron chi connectivity index (χ0n) is 10.7. The standard InChI is InChI=1S/C13H16BrClN2O2/c1-2-17(7-9-3-4-19-8-9)13(18)11-5-10(14)6-16-12(11)15/h5-6,9H,2-4,7-8H2,1H3. The van der Waals surface area contributed by atoms with Crippen LogP contribution in [0.5, 0.6) is 0 Å². The van der Waals surface area contributed by atoms with Crippen LogP contribution in [-0.2, 0) is 4.74 Å². The third-order valence-corrected chi connectivity index (χ3v) is 3.94. The largest absolute Gasteiger partial charge is 0.381 e. The zero-order valence-corrected chi connectivity index (χ0v) is 13.1. The normalized spacial score (nSPS) is 18.6. The van der Waals surface area contributed by atoms with E-state index in [1.807, 2.05) is 6.92 Å². The van der Waals surface area contributed by atoms with Gasteiger partial charge in [0, 0.05) is 36.3 Å². The first-order valence-electron chi connectivity index (χ1n) is 6.30. The van der Waals surface area contributed by atoms with Crippen molar-refractivity contribution >= 4 is 33.4 Å². The Morgan fingerprint density at radius 3 is 3.11 bits per heavy atom. The smallest absolute Gasteiger partial charge is 0.257 e. The summed E-state index contributed by atoms with van der Waals surface area (Å²) in [4.78, 5) is 18.3. The number of halogens is 2. The average molecular weight is 348 g/mol. The number of ether oxygens (including phenoxy) is 1. The number of hydrogen-bond acceptors (Lipinski definition) is 3. The van der Waals surface area contributed by atoms with Gasteiger partial charge in [0.2, 0.25) is 0 Å². The minimum Gasteiger partial charge on any atom is -0.381 e. The van der Waals surface area contributed by atoms with Gasteiger partial charge in [0.15, 0.2) is 0 Å². The molecule has 1 fully saturated rings. The molecule has 4 nitrogen and oxygen atoms in total. The molecule has 1 saturated heterocycles. The number of aromatic nitrogens is 1. The summed E-state index contributed by atoms with van der Waals surface area (Å²) < 4.78 is 6.10. The van der Waals surface area contributed by atoms with Crippen LogP contribution in [0.25, 0.3) is 0 Å². The van der Waals surface area contributed by atoms with Gasteiger partial charge in [0.05, 0.1) is 12.2 Å². The van der Waals surface area contributed by atoms with Gasteiger partial charge in [0.1, 0.15) is 5.15 Å². The van der Waals surface area contributed by atoms with Crippen molar-refractivity contribution in [3.05, 3.63) is 27.5 Å². The molecule has 2 rings (SSSR count). The number of amides is 1. The van der Waals surface area contributed by atoms with Crippen molar-refractivity contribution in [2.24, 2.45) is 5.92 Å². The molecule has 1 amide bonds. The van der Waals surface area contributed by atoms with Crippen molar-refractivity contribution < 1.29 is 9.53 Å². The SMILES string of the molecule is CCN(CC1CCOC1)C(=O)c1cc(Br)cnc1Cl. The molecule has 19 heavy (non-hydrogen) atoms. The molecule has 0 bridgehead atoms. The lowest BCUT2D eigenvalue weighted by Crippen LogP contribution is -2.35. The van der Waals surface area contributed by atoms with Crippen LogP contribution in [0.4, 0.5) is 0 Å². The van der Waals surface area contributed by atoms with Gasteiger partial charge in [-0.3, -0.25) is 4.79 Å². The molecule has 1 aromatic rings. The molecule has 1 aliphatic rings. The lowest BCUT2D eigenvalue weighted by molar-refractivity contribution is 0.0730. The van der Waals surface area contributed by atoms with Crippen LogP contribution in [0.3, 0.4) is 0 Å². The van der Waals surface area contributed by atoms with Crippen molar-refractivity contribution in [1.82, 2.24) is 9.88 Å². The van der Waals surface area contributed by atoms with E-state index in [1.165, 1.54) is 0 Å². The predicted molar refractivity (Wildman–Crippen MR) is 77.5 cm³/mol. The summed E-state index contributed by atoms with van der Waals surface area (Å²) in [7, 11) is 0. The van der Waals surface area contributed by atoms with Gasteiger partial charge in [-0.15, -0.1) is 0 Å². The van der Waals surface area contributed by atoms with E-state index < -0.39 is 0 Å². The number of pyridine rings is 1. The number of hydrogen-bond donors (Lipinski definition) is 0. The Balaban J connectivity index is 2.12. The van der Waals surface area contributed by atoms with E-state index in [1.54, 1.807) is 17.2 Å². The van der Waals surface area contributed by atoms with Crippen LogP contribution in [0, 0.1) is 5.92 Å².